The number of fused-ring (bicyclic) bond motifs is 1. The summed E-state index contributed by atoms with van der Waals surface area (Å²) in [4.78, 5) is 23.2. The van der Waals surface area contributed by atoms with E-state index in [0.29, 0.717) is 5.92 Å². The summed E-state index contributed by atoms with van der Waals surface area (Å²) < 4.78 is 12.2. The Bertz CT molecular complexity index is 1170. The largest absolute Gasteiger partial charge is 0.488 e. The minimum absolute atomic E-state index is 0.210. The van der Waals surface area contributed by atoms with Crippen molar-refractivity contribution in [3.63, 3.8) is 0 Å². The molecule has 3 aliphatic rings. The van der Waals surface area contributed by atoms with Gasteiger partial charge in [-0.3, -0.25) is 9.88 Å². The summed E-state index contributed by atoms with van der Waals surface area (Å²) in [7, 11) is 0. The monoisotopic (exact) mass is 502 g/mol. The van der Waals surface area contributed by atoms with Crippen LogP contribution < -0.4 is 9.64 Å². The molecule has 1 saturated carbocycles. The lowest BCUT2D eigenvalue weighted by atomic mass is 9.84. The van der Waals surface area contributed by atoms with Gasteiger partial charge in [0, 0.05) is 49.5 Å². The van der Waals surface area contributed by atoms with E-state index in [0.717, 1.165) is 93.1 Å². The Morgan fingerprint density at radius 1 is 0.811 bits per heavy atom. The van der Waals surface area contributed by atoms with Crippen molar-refractivity contribution in [3.8, 4) is 5.75 Å². The first-order valence-electron chi connectivity index (χ1n) is 14.1. The van der Waals surface area contributed by atoms with Crippen molar-refractivity contribution >= 4 is 16.7 Å². The van der Waals surface area contributed by atoms with Crippen LogP contribution in [-0.4, -0.2) is 70.3 Å². The molecule has 8 heteroatoms. The van der Waals surface area contributed by atoms with Gasteiger partial charge in [0.15, 0.2) is 0 Å². The second-order valence-electron chi connectivity index (χ2n) is 10.8. The highest BCUT2D eigenvalue weighted by Crippen LogP contribution is 2.34. The maximum Gasteiger partial charge on any atom is 0.149 e. The van der Waals surface area contributed by atoms with Gasteiger partial charge in [0.1, 0.15) is 17.6 Å². The van der Waals surface area contributed by atoms with Gasteiger partial charge in [-0.25, -0.2) is 15.0 Å². The van der Waals surface area contributed by atoms with E-state index in [1.165, 1.54) is 38.0 Å². The van der Waals surface area contributed by atoms with Crippen molar-refractivity contribution < 1.29 is 9.47 Å². The SMILES string of the molecule is c1nc(CC2CCC(Oc3cc(N4CCOCC4)cc4nccnc34)CC2)cc(CN2CCCCC2)n1. The first kappa shape index (κ1) is 24.5. The number of anilines is 1. The number of piperidine rings is 1. The summed E-state index contributed by atoms with van der Waals surface area (Å²) in [5, 5.41) is 0. The Kier molecular flexibility index (Phi) is 7.74. The number of ether oxygens (including phenoxy) is 2. The second-order valence-corrected chi connectivity index (χ2v) is 10.8. The van der Waals surface area contributed by atoms with Crippen molar-refractivity contribution in [2.45, 2.75) is 64.0 Å². The average molecular weight is 503 g/mol. The van der Waals surface area contributed by atoms with Crippen LogP contribution in [-0.2, 0) is 17.7 Å². The van der Waals surface area contributed by atoms with E-state index in [4.69, 9.17) is 9.47 Å². The van der Waals surface area contributed by atoms with Crippen molar-refractivity contribution in [1.29, 1.82) is 0 Å². The molecule has 3 aromatic rings. The summed E-state index contributed by atoms with van der Waals surface area (Å²) in [5.74, 6) is 1.50. The topological polar surface area (TPSA) is 76.5 Å². The smallest absolute Gasteiger partial charge is 0.149 e. The number of hydrogen-bond acceptors (Lipinski definition) is 8. The first-order chi connectivity index (χ1) is 18.3. The van der Waals surface area contributed by atoms with E-state index in [2.05, 4.69) is 47.9 Å². The number of nitrogens with zero attached hydrogens (tertiary/aromatic N) is 6. The molecule has 0 bridgehead atoms. The zero-order valence-electron chi connectivity index (χ0n) is 21.7. The first-order valence-corrected chi connectivity index (χ1v) is 14.1. The molecule has 0 N–H and O–H groups in total. The van der Waals surface area contributed by atoms with Gasteiger partial charge in [-0.1, -0.05) is 6.42 Å². The van der Waals surface area contributed by atoms with E-state index in [1.807, 2.05) is 0 Å². The van der Waals surface area contributed by atoms with E-state index < -0.39 is 0 Å². The fourth-order valence-corrected chi connectivity index (χ4v) is 6.04. The molecule has 8 nitrogen and oxygen atoms in total. The van der Waals surface area contributed by atoms with Crippen LogP contribution in [0.4, 0.5) is 5.69 Å². The Labute approximate surface area is 219 Å². The molecule has 6 rings (SSSR count). The van der Waals surface area contributed by atoms with Gasteiger partial charge in [0.2, 0.25) is 0 Å². The van der Waals surface area contributed by atoms with Gasteiger partial charge < -0.3 is 14.4 Å². The van der Waals surface area contributed by atoms with Crippen LogP contribution in [0.25, 0.3) is 11.0 Å². The number of likely N-dealkylation sites (tertiary alicyclic amines) is 1. The zero-order valence-corrected chi connectivity index (χ0v) is 21.7. The van der Waals surface area contributed by atoms with E-state index in [9.17, 15) is 0 Å². The number of rotatable bonds is 7. The molecule has 1 aromatic carbocycles. The lowest BCUT2D eigenvalue weighted by Gasteiger charge is -2.31. The summed E-state index contributed by atoms with van der Waals surface area (Å²) in [6, 6.07) is 6.51. The molecule has 0 spiro atoms. The summed E-state index contributed by atoms with van der Waals surface area (Å²) in [6.45, 7) is 6.63. The lowest BCUT2D eigenvalue weighted by molar-refractivity contribution is 0.122. The number of aromatic nitrogens is 4. The maximum absolute atomic E-state index is 6.61. The van der Waals surface area contributed by atoms with Gasteiger partial charge in [-0.2, -0.15) is 0 Å². The van der Waals surface area contributed by atoms with Crippen LogP contribution in [0.1, 0.15) is 56.3 Å². The molecule has 0 atom stereocenters. The van der Waals surface area contributed by atoms with E-state index in [-0.39, 0.29) is 6.10 Å². The molecule has 196 valence electrons. The normalized spacial score (nSPS) is 23.3. The Balaban J connectivity index is 1.07. The van der Waals surface area contributed by atoms with Gasteiger partial charge in [0.25, 0.3) is 0 Å². The molecule has 37 heavy (non-hydrogen) atoms. The van der Waals surface area contributed by atoms with Crippen molar-refractivity contribution in [3.05, 3.63) is 48.3 Å². The predicted molar refractivity (Wildman–Crippen MR) is 144 cm³/mol. The minimum Gasteiger partial charge on any atom is -0.488 e. The average Bonchev–Trinajstić information content (AvgIpc) is 2.95. The fraction of sp³-hybridized carbons (Fsp3) is 0.586. The van der Waals surface area contributed by atoms with Crippen LogP contribution in [0, 0.1) is 5.92 Å². The zero-order chi connectivity index (χ0) is 24.9. The molecule has 0 radical (unpaired) electrons. The van der Waals surface area contributed by atoms with E-state index >= 15 is 0 Å². The van der Waals surface area contributed by atoms with Crippen LogP contribution in [0.3, 0.4) is 0 Å². The third-order valence-corrected chi connectivity index (χ3v) is 8.10. The minimum atomic E-state index is 0.210. The predicted octanol–water partition coefficient (Wildman–Crippen LogP) is 4.42. The Morgan fingerprint density at radius 2 is 1.59 bits per heavy atom. The Morgan fingerprint density at radius 3 is 2.43 bits per heavy atom. The summed E-state index contributed by atoms with van der Waals surface area (Å²) in [5.41, 5.74) is 5.23. The van der Waals surface area contributed by atoms with Crippen molar-refractivity contribution in [2.75, 3.05) is 44.3 Å². The highest BCUT2D eigenvalue weighted by molar-refractivity contribution is 5.85. The van der Waals surface area contributed by atoms with Crippen LogP contribution in [0.2, 0.25) is 0 Å². The third-order valence-electron chi connectivity index (χ3n) is 8.10. The van der Waals surface area contributed by atoms with Gasteiger partial charge in [-0.05, 0) is 76.1 Å². The number of hydrogen-bond donors (Lipinski definition) is 0. The molecule has 0 amide bonds. The van der Waals surface area contributed by atoms with Crippen molar-refractivity contribution in [2.24, 2.45) is 5.92 Å². The fourth-order valence-electron chi connectivity index (χ4n) is 6.04. The molecule has 1 aliphatic carbocycles. The molecular weight excluding hydrogens is 464 g/mol. The third kappa shape index (κ3) is 6.18. The number of morpholine rings is 1. The van der Waals surface area contributed by atoms with Gasteiger partial charge in [0.05, 0.1) is 30.5 Å². The van der Waals surface area contributed by atoms with E-state index in [1.54, 1.807) is 18.7 Å². The van der Waals surface area contributed by atoms with Crippen LogP contribution in [0.15, 0.2) is 36.9 Å². The number of benzene rings is 1. The molecule has 4 heterocycles. The summed E-state index contributed by atoms with van der Waals surface area (Å²) >= 11 is 0. The lowest BCUT2D eigenvalue weighted by Crippen LogP contribution is -2.36. The molecular formula is C29H38N6O2. The quantitative estimate of drug-likeness (QED) is 0.470. The van der Waals surface area contributed by atoms with Crippen LogP contribution >= 0.6 is 0 Å². The highest BCUT2D eigenvalue weighted by Gasteiger charge is 2.25. The standard InChI is InChI=1S/C29H38N6O2/c1-2-10-34(11-3-1)20-24-17-23(32-21-33-24)16-22-4-6-26(7-5-22)37-28-19-25(35-12-14-36-15-13-35)18-27-29(28)31-9-8-30-27/h8-9,17-19,21-22,26H,1-7,10-16,20H2. The Hall–Kier alpha value is -2.84. The van der Waals surface area contributed by atoms with Crippen LogP contribution in [0.5, 0.6) is 5.75 Å². The molecule has 0 unspecified atom stereocenters. The van der Waals surface area contributed by atoms with Gasteiger partial charge in [-0.15, -0.1) is 0 Å². The summed E-state index contributed by atoms with van der Waals surface area (Å²) in [6.07, 6.45) is 14.9. The maximum atomic E-state index is 6.61. The highest BCUT2D eigenvalue weighted by atomic mass is 16.5. The van der Waals surface area contributed by atoms with Crippen molar-refractivity contribution in [1.82, 2.24) is 24.8 Å². The second kappa shape index (κ2) is 11.7. The molecule has 3 fully saturated rings. The van der Waals surface area contributed by atoms with Gasteiger partial charge >= 0.3 is 0 Å². The molecule has 2 saturated heterocycles. The molecule has 2 aromatic heterocycles. The molecule has 2 aliphatic heterocycles.